The van der Waals surface area contributed by atoms with Gasteiger partial charge in [-0.2, -0.15) is 0 Å². The van der Waals surface area contributed by atoms with Crippen molar-refractivity contribution in [2.24, 2.45) is 0 Å². The molecule has 1 nitrogen and oxygen atoms in total. The number of rotatable bonds is 5. The van der Waals surface area contributed by atoms with E-state index in [4.69, 9.17) is 0 Å². The quantitative estimate of drug-likeness (QED) is 0.376. The van der Waals surface area contributed by atoms with Crippen LogP contribution in [0.3, 0.4) is 0 Å². The lowest BCUT2D eigenvalue weighted by Gasteiger charge is -2.19. The van der Waals surface area contributed by atoms with Crippen molar-refractivity contribution >= 4 is 17.0 Å². The van der Waals surface area contributed by atoms with Gasteiger partial charge in [0.1, 0.15) is 0 Å². The van der Waals surface area contributed by atoms with Crippen molar-refractivity contribution < 1.29 is 0 Å². The summed E-state index contributed by atoms with van der Waals surface area (Å²) < 4.78 is 0. The van der Waals surface area contributed by atoms with Crippen LogP contribution < -0.4 is 5.32 Å². The minimum Gasteiger partial charge on any atom is -0.355 e. The Balaban J connectivity index is 1.96. The summed E-state index contributed by atoms with van der Waals surface area (Å²) in [5.41, 5.74) is 8.15. The van der Waals surface area contributed by atoms with E-state index in [0.717, 1.165) is 16.9 Å². The van der Waals surface area contributed by atoms with Crippen molar-refractivity contribution in [3.63, 3.8) is 0 Å². The predicted octanol–water partition coefficient (Wildman–Crippen LogP) is 7.02. The Labute approximate surface area is 167 Å². The molecule has 0 aliphatic carbocycles. The van der Waals surface area contributed by atoms with Gasteiger partial charge < -0.3 is 5.32 Å². The van der Waals surface area contributed by atoms with Crippen molar-refractivity contribution in [3.8, 4) is 0 Å². The molecule has 0 unspecified atom stereocenters. The largest absolute Gasteiger partial charge is 0.355 e. The molecule has 0 heterocycles. The third-order valence-electron chi connectivity index (χ3n) is 4.76. The van der Waals surface area contributed by atoms with Crippen molar-refractivity contribution in [2.75, 3.05) is 5.32 Å². The molecule has 0 radical (unpaired) electrons. The van der Waals surface area contributed by atoms with Crippen LogP contribution in [-0.4, -0.2) is 0 Å². The predicted molar refractivity (Wildman–Crippen MR) is 120 cm³/mol. The summed E-state index contributed by atoms with van der Waals surface area (Å²) in [7, 11) is 0. The van der Waals surface area contributed by atoms with Gasteiger partial charge in [0.2, 0.25) is 0 Å². The molecule has 136 valence electrons. The first-order valence-corrected chi connectivity index (χ1v) is 9.55. The molecule has 28 heavy (non-hydrogen) atoms. The smallest absolute Gasteiger partial charge is 0.0543 e. The Morgan fingerprint density at radius 3 is 1.39 bits per heavy atom. The third-order valence-corrected chi connectivity index (χ3v) is 4.76. The van der Waals surface area contributed by atoms with Crippen LogP contribution in [0.25, 0.3) is 11.3 Å². The first-order chi connectivity index (χ1) is 13.8. The van der Waals surface area contributed by atoms with E-state index in [-0.39, 0.29) is 0 Å². The molecule has 0 bridgehead atoms. The van der Waals surface area contributed by atoms with Crippen LogP contribution in [0.1, 0.15) is 22.3 Å². The van der Waals surface area contributed by atoms with Gasteiger partial charge in [0.15, 0.2) is 0 Å². The van der Waals surface area contributed by atoms with Crippen molar-refractivity contribution in [1.82, 2.24) is 0 Å². The Bertz CT molecular complexity index is 1010. The number of hydrogen-bond acceptors (Lipinski definition) is 1. The minimum absolute atomic E-state index is 1.08. The van der Waals surface area contributed by atoms with E-state index in [9.17, 15) is 0 Å². The lowest BCUT2D eigenvalue weighted by molar-refractivity contribution is 1.45. The van der Waals surface area contributed by atoms with Crippen molar-refractivity contribution in [2.45, 2.75) is 6.92 Å². The van der Waals surface area contributed by atoms with Gasteiger partial charge >= 0.3 is 0 Å². The first-order valence-electron chi connectivity index (χ1n) is 9.55. The highest BCUT2D eigenvalue weighted by atomic mass is 14.9. The number of nitrogens with one attached hydrogen (secondary N) is 1. The van der Waals surface area contributed by atoms with Gasteiger partial charge in [-0.25, -0.2) is 0 Å². The van der Waals surface area contributed by atoms with Gasteiger partial charge in [0, 0.05) is 11.3 Å². The Kier molecular flexibility index (Phi) is 5.35. The number of aryl methyl sites for hydroxylation is 1. The van der Waals surface area contributed by atoms with Crippen LogP contribution >= 0.6 is 0 Å². The van der Waals surface area contributed by atoms with Gasteiger partial charge in [-0.1, -0.05) is 109 Å². The normalized spacial score (nSPS) is 10.3. The second kappa shape index (κ2) is 8.41. The average molecular weight is 361 g/mol. The molecule has 4 aromatic rings. The van der Waals surface area contributed by atoms with E-state index in [0.29, 0.717) is 0 Å². The highest BCUT2D eigenvalue weighted by molar-refractivity contribution is 6.02. The Hall–Kier alpha value is -3.58. The maximum absolute atomic E-state index is 3.70. The zero-order valence-corrected chi connectivity index (χ0v) is 16.0. The fraction of sp³-hybridized carbons (Fsp3) is 0.0370. The maximum Gasteiger partial charge on any atom is 0.0543 e. The highest BCUT2D eigenvalue weighted by Crippen LogP contribution is 2.33. The summed E-state index contributed by atoms with van der Waals surface area (Å²) in [5.74, 6) is 0. The highest BCUT2D eigenvalue weighted by Gasteiger charge is 2.14. The van der Waals surface area contributed by atoms with Crippen molar-refractivity contribution in [1.29, 1.82) is 0 Å². The van der Waals surface area contributed by atoms with E-state index in [1.165, 1.54) is 22.3 Å². The topological polar surface area (TPSA) is 12.0 Å². The van der Waals surface area contributed by atoms with E-state index in [1.807, 2.05) is 0 Å². The van der Waals surface area contributed by atoms with Crippen LogP contribution in [0.2, 0.25) is 0 Å². The zero-order chi connectivity index (χ0) is 19.2. The lowest BCUT2D eigenvalue weighted by atomic mass is 9.93. The molecule has 0 fully saturated rings. The molecule has 4 aromatic carbocycles. The second-order valence-electron chi connectivity index (χ2n) is 6.84. The van der Waals surface area contributed by atoms with Crippen LogP contribution in [-0.2, 0) is 0 Å². The summed E-state index contributed by atoms with van der Waals surface area (Å²) in [4.78, 5) is 0. The zero-order valence-electron chi connectivity index (χ0n) is 16.0. The molecular weight excluding hydrogens is 338 g/mol. The van der Waals surface area contributed by atoms with Crippen LogP contribution in [0.4, 0.5) is 5.69 Å². The van der Waals surface area contributed by atoms with Crippen LogP contribution in [0.5, 0.6) is 0 Å². The second-order valence-corrected chi connectivity index (χ2v) is 6.84. The van der Waals surface area contributed by atoms with Crippen molar-refractivity contribution in [3.05, 3.63) is 138 Å². The first kappa shape index (κ1) is 17.8. The fourth-order valence-electron chi connectivity index (χ4n) is 3.33. The summed E-state index contributed by atoms with van der Waals surface area (Å²) in [5, 5.41) is 3.70. The molecule has 0 aromatic heterocycles. The summed E-state index contributed by atoms with van der Waals surface area (Å²) in [6, 6.07) is 40.2. The molecule has 0 aliphatic rings. The van der Waals surface area contributed by atoms with E-state index in [2.05, 4.69) is 128 Å². The number of benzene rings is 4. The van der Waals surface area contributed by atoms with Gasteiger partial charge in [0.25, 0.3) is 0 Å². The molecule has 0 saturated heterocycles. The SMILES string of the molecule is Cc1ccc(NC(=C(c2ccccc2)c2ccccc2)c2ccccc2)cc1. The van der Waals surface area contributed by atoms with Gasteiger partial charge in [0.05, 0.1) is 5.70 Å². The van der Waals surface area contributed by atoms with E-state index in [1.54, 1.807) is 0 Å². The summed E-state index contributed by atoms with van der Waals surface area (Å²) in [6.07, 6.45) is 0. The molecule has 1 heteroatoms. The number of hydrogen-bond donors (Lipinski definition) is 1. The lowest BCUT2D eigenvalue weighted by Crippen LogP contribution is -2.04. The molecule has 4 rings (SSSR count). The summed E-state index contributed by atoms with van der Waals surface area (Å²) in [6.45, 7) is 2.11. The minimum atomic E-state index is 1.08. The van der Waals surface area contributed by atoms with E-state index < -0.39 is 0 Å². The molecular formula is C27H23N. The van der Waals surface area contributed by atoms with E-state index >= 15 is 0 Å². The standard InChI is InChI=1S/C27H23N/c1-21-17-19-25(20-18-21)28-27(24-15-9-4-10-16-24)26(22-11-5-2-6-12-22)23-13-7-3-8-14-23/h2-20,28H,1H3. The van der Waals surface area contributed by atoms with Crippen LogP contribution in [0.15, 0.2) is 115 Å². The maximum atomic E-state index is 3.70. The van der Waals surface area contributed by atoms with Gasteiger partial charge in [-0.15, -0.1) is 0 Å². The third kappa shape index (κ3) is 4.05. The molecule has 0 amide bonds. The van der Waals surface area contributed by atoms with Crippen LogP contribution in [0, 0.1) is 6.92 Å². The summed E-state index contributed by atoms with van der Waals surface area (Å²) >= 11 is 0. The Morgan fingerprint density at radius 2 is 0.929 bits per heavy atom. The average Bonchev–Trinajstić information content (AvgIpc) is 2.77. The molecule has 0 aliphatic heterocycles. The molecule has 1 N–H and O–H groups in total. The van der Waals surface area contributed by atoms with Gasteiger partial charge in [-0.3, -0.25) is 0 Å². The van der Waals surface area contributed by atoms with Gasteiger partial charge in [-0.05, 0) is 35.7 Å². The monoisotopic (exact) mass is 361 g/mol. The molecule has 0 atom stereocenters. The molecule has 0 saturated carbocycles. The Morgan fingerprint density at radius 1 is 0.500 bits per heavy atom. The fourth-order valence-corrected chi connectivity index (χ4v) is 3.33. The number of anilines is 1. The molecule has 0 spiro atoms.